The molecule has 2 atom stereocenters. The Kier molecular flexibility index (Phi) is 5.22. The first-order valence-electron chi connectivity index (χ1n) is 6.65. The minimum Gasteiger partial charge on any atom is -0.258 e. The van der Waals surface area contributed by atoms with E-state index in [0.717, 1.165) is 24.8 Å². The summed E-state index contributed by atoms with van der Waals surface area (Å²) in [5.74, 6) is 0.458. The lowest BCUT2D eigenvalue weighted by molar-refractivity contribution is -0.385. The lowest BCUT2D eigenvalue weighted by Crippen LogP contribution is -2.16. The zero-order valence-electron chi connectivity index (χ0n) is 10.6. The van der Waals surface area contributed by atoms with E-state index in [2.05, 4.69) is 15.9 Å². The predicted molar refractivity (Wildman–Crippen MR) is 81.1 cm³/mol. The minimum absolute atomic E-state index is 0.188. The van der Waals surface area contributed by atoms with Gasteiger partial charge >= 0.3 is 0 Å². The number of hydrogen-bond acceptors (Lipinski definition) is 2. The molecule has 0 aliphatic heterocycles. The maximum absolute atomic E-state index is 11.1. The number of nitro benzene ring substituents is 1. The Morgan fingerprint density at radius 1 is 1.32 bits per heavy atom. The molecule has 0 heterocycles. The van der Waals surface area contributed by atoms with Crippen LogP contribution in [0.5, 0.6) is 0 Å². The molecular weight excluding hydrogens is 330 g/mol. The molecule has 3 nitrogen and oxygen atoms in total. The topological polar surface area (TPSA) is 43.1 Å². The molecule has 19 heavy (non-hydrogen) atoms. The molecule has 0 bridgehead atoms. The van der Waals surface area contributed by atoms with Crippen LogP contribution in [0.15, 0.2) is 18.2 Å². The second-order valence-electron chi connectivity index (χ2n) is 5.15. The Bertz CT molecular complexity index is 467. The number of alkyl halides is 1. The van der Waals surface area contributed by atoms with Crippen molar-refractivity contribution in [2.75, 3.05) is 0 Å². The van der Waals surface area contributed by atoms with Gasteiger partial charge in [-0.3, -0.25) is 10.1 Å². The Labute approximate surface area is 126 Å². The first-order chi connectivity index (χ1) is 9.08. The van der Waals surface area contributed by atoms with Gasteiger partial charge in [0, 0.05) is 21.5 Å². The highest BCUT2D eigenvalue weighted by molar-refractivity contribution is 9.09. The van der Waals surface area contributed by atoms with Crippen LogP contribution in [0.25, 0.3) is 0 Å². The number of nitro groups is 1. The summed E-state index contributed by atoms with van der Waals surface area (Å²) >= 11 is 9.71. The quantitative estimate of drug-likeness (QED) is 0.329. The summed E-state index contributed by atoms with van der Waals surface area (Å²) in [7, 11) is 0. The van der Waals surface area contributed by atoms with Gasteiger partial charge in [0.05, 0.1) is 4.92 Å². The van der Waals surface area contributed by atoms with Gasteiger partial charge in [-0.05, 0) is 37.3 Å². The monoisotopic (exact) mass is 345 g/mol. The van der Waals surface area contributed by atoms with Crippen molar-refractivity contribution < 1.29 is 4.92 Å². The number of halogens is 2. The van der Waals surface area contributed by atoms with Crippen molar-refractivity contribution in [3.63, 3.8) is 0 Å². The van der Waals surface area contributed by atoms with E-state index in [1.165, 1.54) is 25.3 Å². The molecule has 1 aliphatic carbocycles. The SMILES string of the molecule is O=[N+]([O-])c1ccc(Cl)cc1CC1CCCCCC1Br. The summed E-state index contributed by atoms with van der Waals surface area (Å²) < 4.78 is 0. The van der Waals surface area contributed by atoms with Crippen LogP contribution in [0.3, 0.4) is 0 Å². The molecule has 2 rings (SSSR count). The molecule has 1 saturated carbocycles. The Hall–Kier alpha value is -0.610. The number of nitrogens with zero attached hydrogens (tertiary/aromatic N) is 1. The van der Waals surface area contributed by atoms with Gasteiger partial charge in [-0.2, -0.15) is 0 Å². The van der Waals surface area contributed by atoms with Gasteiger partial charge in [-0.1, -0.05) is 46.8 Å². The molecule has 2 unspecified atom stereocenters. The molecule has 0 amide bonds. The van der Waals surface area contributed by atoms with Crippen molar-refractivity contribution in [3.8, 4) is 0 Å². The zero-order valence-corrected chi connectivity index (χ0v) is 13.0. The lowest BCUT2D eigenvalue weighted by atomic mass is 9.91. The standard InChI is InChI=1S/C14H17BrClNO2/c15-13-5-3-1-2-4-10(13)8-11-9-12(16)6-7-14(11)17(18)19/h6-7,9-10,13H,1-5,8H2. The zero-order chi connectivity index (χ0) is 13.8. The maximum Gasteiger partial charge on any atom is 0.272 e. The van der Waals surface area contributed by atoms with Crippen LogP contribution < -0.4 is 0 Å². The summed E-state index contributed by atoms with van der Waals surface area (Å²) in [6, 6.07) is 4.84. The highest BCUT2D eigenvalue weighted by atomic mass is 79.9. The van der Waals surface area contributed by atoms with Gasteiger partial charge < -0.3 is 0 Å². The van der Waals surface area contributed by atoms with Crippen molar-refractivity contribution >= 4 is 33.2 Å². The van der Waals surface area contributed by atoms with Crippen LogP contribution in [0.1, 0.15) is 37.7 Å². The molecule has 0 saturated heterocycles. The third kappa shape index (κ3) is 3.93. The van der Waals surface area contributed by atoms with Crippen LogP contribution >= 0.6 is 27.5 Å². The van der Waals surface area contributed by atoms with E-state index in [1.807, 2.05) is 0 Å². The van der Waals surface area contributed by atoms with Crippen LogP contribution in [-0.4, -0.2) is 9.75 Å². The van der Waals surface area contributed by atoms with Gasteiger partial charge in [0.25, 0.3) is 5.69 Å². The van der Waals surface area contributed by atoms with Crippen LogP contribution in [0, 0.1) is 16.0 Å². The lowest BCUT2D eigenvalue weighted by Gasteiger charge is -2.19. The van der Waals surface area contributed by atoms with Crippen molar-refractivity contribution in [2.45, 2.75) is 43.4 Å². The predicted octanol–water partition coefficient (Wildman–Crippen LogP) is 5.13. The van der Waals surface area contributed by atoms with E-state index >= 15 is 0 Å². The molecule has 1 aromatic carbocycles. The molecule has 0 radical (unpaired) electrons. The number of benzene rings is 1. The van der Waals surface area contributed by atoms with Crippen molar-refractivity contribution in [3.05, 3.63) is 38.9 Å². The highest BCUT2D eigenvalue weighted by Crippen LogP contribution is 2.34. The normalized spacial score (nSPS) is 23.9. The van der Waals surface area contributed by atoms with Crippen LogP contribution in [0.4, 0.5) is 5.69 Å². The average Bonchev–Trinajstić information content (AvgIpc) is 2.55. The third-order valence-electron chi connectivity index (χ3n) is 3.79. The molecule has 5 heteroatoms. The summed E-state index contributed by atoms with van der Waals surface area (Å²) in [4.78, 5) is 11.2. The number of hydrogen-bond donors (Lipinski definition) is 0. The maximum atomic E-state index is 11.1. The Morgan fingerprint density at radius 3 is 2.79 bits per heavy atom. The van der Waals surface area contributed by atoms with Crippen molar-refractivity contribution in [1.29, 1.82) is 0 Å². The molecular formula is C14H17BrClNO2. The molecule has 0 N–H and O–H groups in total. The summed E-state index contributed by atoms with van der Waals surface area (Å²) in [6.07, 6.45) is 6.72. The van der Waals surface area contributed by atoms with Gasteiger partial charge in [0.15, 0.2) is 0 Å². The smallest absolute Gasteiger partial charge is 0.258 e. The van der Waals surface area contributed by atoms with E-state index < -0.39 is 0 Å². The fourth-order valence-electron chi connectivity index (χ4n) is 2.75. The summed E-state index contributed by atoms with van der Waals surface area (Å²) in [5, 5.41) is 11.6. The minimum atomic E-state index is -0.314. The van der Waals surface area contributed by atoms with E-state index in [0.29, 0.717) is 15.8 Å². The molecule has 1 fully saturated rings. The van der Waals surface area contributed by atoms with Gasteiger partial charge in [0.1, 0.15) is 0 Å². The first-order valence-corrected chi connectivity index (χ1v) is 7.94. The summed E-state index contributed by atoms with van der Waals surface area (Å²) in [6.45, 7) is 0. The van der Waals surface area contributed by atoms with Gasteiger partial charge in [0.2, 0.25) is 0 Å². The molecule has 0 aromatic heterocycles. The second-order valence-corrected chi connectivity index (χ2v) is 6.76. The van der Waals surface area contributed by atoms with Gasteiger partial charge in [-0.25, -0.2) is 0 Å². The largest absolute Gasteiger partial charge is 0.272 e. The van der Waals surface area contributed by atoms with Crippen molar-refractivity contribution in [1.82, 2.24) is 0 Å². The first kappa shape index (κ1) is 14.8. The van der Waals surface area contributed by atoms with E-state index in [1.54, 1.807) is 12.1 Å². The second kappa shape index (κ2) is 6.71. The fourth-order valence-corrected chi connectivity index (χ4v) is 3.72. The molecule has 1 aliphatic rings. The summed E-state index contributed by atoms with van der Waals surface area (Å²) in [5.41, 5.74) is 0.946. The third-order valence-corrected chi connectivity index (χ3v) is 5.23. The van der Waals surface area contributed by atoms with E-state index in [4.69, 9.17) is 11.6 Å². The number of rotatable bonds is 3. The Balaban J connectivity index is 2.21. The fraction of sp³-hybridized carbons (Fsp3) is 0.571. The van der Waals surface area contributed by atoms with E-state index in [-0.39, 0.29) is 10.6 Å². The molecule has 104 valence electrons. The van der Waals surface area contributed by atoms with Gasteiger partial charge in [-0.15, -0.1) is 0 Å². The van der Waals surface area contributed by atoms with Crippen LogP contribution in [0.2, 0.25) is 5.02 Å². The van der Waals surface area contributed by atoms with E-state index in [9.17, 15) is 10.1 Å². The molecule has 0 spiro atoms. The average molecular weight is 347 g/mol. The highest BCUT2D eigenvalue weighted by Gasteiger charge is 2.25. The van der Waals surface area contributed by atoms with Crippen molar-refractivity contribution in [2.24, 2.45) is 5.92 Å². The Morgan fingerprint density at radius 2 is 2.05 bits per heavy atom. The van der Waals surface area contributed by atoms with Crippen LogP contribution in [-0.2, 0) is 6.42 Å². The molecule has 1 aromatic rings.